The molecule has 1 unspecified atom stereocenters. The Labute approximate surface area is 129 Å². The molecule has 1 atom stereocenters. The Hall–Kier alpha value is -1.07. The number of nitrogens with one attached hydrogen (secondary N) is 2. The molecule has 2 N–H and O–H groups in total. The van der Waals surface area contributed by atoms with Crippen LogP contribution < -0.4 is 10.0 Å². The summed E-state index contributed by atoms with van der Waals surface area (Å²) >= 11 is 0. The number of sulfonamides is 1. The minimum atomic E-state index is -3.43. The van der Waals surface area contributed by atoms with Gasteiger partial charge in [0, 0.05) is 13.1 Å². The van der Waals surface area contributed by atoms with Gasteiger partial charge in [-0.2, -0.15) is 0 Å². The Morgan fingerprint density at radius 3 is 2.48 bits per heavy atom. The van der Waals surface area contributed by atoms with Crippen molar-refractivity contribution in [1.29, 1.82) is 0 Å². The summed E-state index contributed by atoms with van der Waals surface area (Å²) in [5.41, 5.74) is 0.688. The van der Waals surface area contributed by atoms with Crippen LogP contribution in [0.2, 0.25) is 0 Å². The van der Waals surface area contributed by atoms with Crippen LogP contribution in [0, 0.1) is 5.92 Å². The largest absolute Gasteiger partial charge is 0.384 e. The lowest BCUT2D eigenvalue weighted by atomic mass is 9.99. The van der Waals surface area contributed by atoms with Crippen molar-refractivity contribution in [3.05, 3.63) is 24.3 Å². The van der Waals surface area contributed by atoms with Crippen LogP contribution in [0.25, 0.3) is 0 Å². The highest BCUT2D eigenvalue weighted by Gasteiger charge is 2.17. The van der Waals surface area contributed by atoms with Crippen molar-refractivity contribution in [2.45, 2.75) is 51.3 Å². The second-order valence-corrected chi connectivity index (χ2v) is 7.03. The second-order valence-electron chi connectivity index (χ2n) is 5.29. The molecule has 0 radical (unpaired) electrons. The molecule has 0 saturated heterocycles. The third-order valence-corrected chi connectivity index (χ3v) is 5.24. The molecule has 0 aromatic heterocycles. The fourth-order valence-corrected chi connectivity index (χ4v) is 3.54. The number of unbranched alkanes of at least 4 members (excludes halogenated alkanes) is 1. The normalized spacial score (nSPS) is 13.1. The molecule has 0 saturated carbocycles. The van der Waals surface area contributed by atoms with Gasteiger partial charge in [-0.1, -0.05) is 52.2 Å². The van der Waals surface area contributed by atoms with E-state index in [1.165, 1.54) is 19.3 Å². The molecule has 1 rings (SSSR count). The Balaban J connectivity index is 2.80. The van der Waals surface area contributed by atoms with Gasteiger partial charge in [-0.05, 0) is 24.5 Å². The lowest BCUT2D eigenvalue weighted by Gasteiger charge is -2.18. The summed E-state index contributed by atoms with van der Waals surface area (Å²) in [4.78, 5) is 0.331. The first-order valence-corrected chi connectivity index (χ1v) is 9.36. The molecular weight excluding hydrogens is 284 g/mol. The van der Waals surface area contributed by atoms with Crippen molar-refractivity contribution in [3.63, 3.8) is 0 Å². The minimum Gasteiger partial charge on any atom is -0.384 e. The molecule has 4 nitrogen and oxygen atoms in total. The van der Waals surface area contributed by atoms with Gasteiger partial charge >= 0.3 is 0 Å². The fraction of sp³-hybridized carbons (Fsp3) is 0.625. The number of para-hydroxylation sites is 1. The highest BCUT2D eigenvalue weighted by atomic mass is 32.2. The predicted octanol–water partition coefficient (Wildman–Crippen LogP) is 3.61. The van der Waals surface area contributed by atoms with Gasteiger partial charge in [0.1, 0.15) is 4.90 Å². The predicted molar refractivity (Wildman–Crippen MR) is 89.1 cm³/mol. The highest BCUT2D eigenvalue weighted by molar-refractivity contribution is 7.89. The Morgan fingerprint density at radius 2 is 1.86 bits per heavy atom. The van der Waals surface area contributed by atoms with Gasteiger partial charge < -0.3 is 5.32 Å². The van der Waals surface area contributed by atoms with Crippen LogP contribution in [0.4, 0.5) is 5.69 Å². The third-order valence-electron chi connectivity index (χ3n) is 3.64. The Bertz CT molecular complexity index is 515. The summed E-state index contributed by atoms with van der Waals surface area (Å²) in [6.45, 7) is 7.37. The highest BCUT2D eigenvalue weighted by Crippen LogP contribution is 2.22. The van der Waals surface area contributed by atoms with Crippen LogP contribution in [-0.4, -0.2) is 21.5 Å². The van der Waals surface area contributed by atoms with Crippen molar-refractivity contribution < 1.29 is 8.42 Å². The summed E-state index contributed by atoms with van der Waals surface area (Å²) < 4.78 is 26.9. The summed E-state index contributed by atoms with van der Waals surface area (Å²) in [5, 5.41) is 3.32. The van der Waals surface area contributed by atoms with E-state index in [-0.39, 0.29) is 0 Å². The standard InChI is InChI=1S/C16H28N2O2S/c1-4-7-10-14(5-2)13-17-15-11-8-9-12-16(15)21(19,20)18-6-3/h8-9,11-12,14,17-18H,4-7,10,13H2,1-3H3. The molecule has 120 valence electrons. The van der Waals surface area contributed by atoms with Gasteiger partial charge in [0.05, 0.1) is 5.69 Å². The van der Waals surface area contributed by atoms with Crippen LogP contribution >= 0.6 is 0 Å². The molecule has 1 aromatic rings. The van der Waals surface area contributed by atoms with Crippen molar-refractivity contribution in [1.82, 2.24) is 4.72 Å². The fourth-order valence-electron chi connectivity index (χ4n) is 2.31. The molecule has 0 amide bonds. The number of rotatable bonds is 10. The number of hydrogen-bond acceptors (Lipinski definition) is 3. The number of benzene rings is 1. The monoisotopic (exact) mass is 312 g/mol. The SMILES string of the molecule is CCCCC(CC)CNc1ccccc1S(=O)(=O)NCC. The molecule has 0 aliphatic heterocycles. The van der Waals surface area contributed by atoms with Gasteiger partial charge in [-0.25, -0.2) is 13.1 Å². The van der Waals surface area contributed by atoms with Crippen molar-refractivity contribution in [2.24, 2.45) is 5.92 Å². The molecule has 0 fully saturated rings. The average Bonchev–Trinajstić information content (AvgIpc) is 2.48. The van der Waals surface area contributed by atoms with Gasteiger partial charge in [-0.3, -0.25) is 0 Å². The van der Waals surface area contributed by atoms with Crippen LogP contribution in [0.15, 0.2) is 29.2 Å². The summed E-state index contributed by atoms with van der Waals surface area (Å²) in [6.07, 6.45) is 4.71. The molecule has 0 bridgehead atoms. The van der Waals surface area contributed by atoms with Crippen molar-refractivity contribution in [3.8, 4) is 0 Å². The quantitative estimate of drug-likeness (QED) is 0.694. The summed E-state index contributed by atoms with van der Waals surface area (Å²) in [7, 11) is -3.43. The summed E-state index contributed by atoms with van der Waals surface area (Å²) in [6, 6.07) is 7.09. The zero-order chi connectivity index (χ0) is 15.7. The topological polar surface area (TPSA) is 58.2 Å². The maximum atomic E-state index is 12.2. The second kappa shape index (κ2) is 9.05. The van der Waals surface area contributed by atoms with E-state index in [0.717, 1.165) is 13.0 Å². The van der Waals surface area contributed by atoms with Crippen molar-refractivity contribution >= 4 is 15.7 Å². The van der Waals surface area contributed by atoms with E-state index < -0.39 is 10.0 Å². The van der Waals surface area contributed by atoms with E-state index in [4.69, 9.17) is 0 Å². The van der Waals surface area contributed by atoms with Crippen LogP contribution in [0.1, 0.15) is 46.5 Å². The van der Waals surface area contributed by atoms with E-state index in [9.17, 15) is 8.42 Å². The van der Waals surface area contributed by atoms with Gasteiger partial charge in [-0.15, -0.1) is 0 Å². The Kier molecular flexibility index (Phi) is 7.75. The maximum Gasteiger partial charge on any atom is 0.242 e. The minimum absolute atomic E-state index is 0.331. The van der Waals surface area contributed by atoms with Gasteiger partial charge in [0.25, 0.3) is 0 Å². The van der Waals surface area contributed by atoms with Gasteiger partial charge in [0.2, 0.25) is 10.0 Å². The summed E-state index contributed by atoms with van der Waals surface area (Å²) in [5.74, 6) is 0.583. The number of hydrogen-bond donors (Lipinski definition) is 2. The molecule has 0 aliphatic rings. The first kappa shape index (κ1) is 18.0. The zero-order valence-corrected chi connectivity index (χ0v) is 14.2. The zero-order valence-electron chi connectivity index (χ0n) is 13.4. The molecule has 0 spiro atoms. The van der Waals surface area contributed by atoms with E-state index in [1.807, 2.05) is 12.1 Å². The van der Waals surface area contributed by atoms with E-state index in [1.54, 1.807) is 19.1 Å². The van der Waals surface area contributed by atoms with Crippen LogP contribution in [0.5, 0.6) is 0 Å². The van der Waals surface area contributed by atoms with Crippen LogP contribution in [0.3, 0.4) is 0 Å². The lowest BCUT2D eigenvalue weighted by Crippen LogP contribution is -2.24. The molecule has 0 aliphatic carbocycles. The first-order chi connectivity index (χ1) is 10.0. The maximum absolute atomic E-state index is 12.2. The van der Waals surface area contributed by atoms with E-state index >= 15 is 0 Å². The van der Waals surface area contributed by atoms with E-state index in [2.05, 4.69) is 23.9 Å². The Morgan fingerprint density at radius 1 is 1.14 bits per heavy atom. The van der Waals surface area contributed by atoms with Crippen LogP contribution in [-0.2, 0) is 10.0 Å². The molecule has 5 heteroatoms. The molecule has 0 heterocycles. The lowest BCUT2D eigenvalue weighted by molar-refractivity contribution is 0.472. The molecule has 21 heavy (non-hydrogen) atoms. The molecule has 1 aromatic carbocycles. The smallest absolute Gasteiger partial charge is 0.242 e. The first-order valence-electron chi connectivity index (χ1n) is 7.87. The third kappa shape index (κ3) is 5.67. The molecular formula is C16H28N2O2S. The van der Waals surface area contributed by atoms with Gasteiger partial charge in [0.15, 0.2) is 0 Å². The number of anilines is 1. The van der Waals surface area contributed by atoms with E-state index in [0.29, 0.717) is 23.0 Å². The van der Waals surface area contributed by atoms with Crippen molar-refractivity contribution in [2.75, 3.05) is 18.4 Å². The average molecular weight is 312 g/mol.